The first-order chi connectivity index (χ1) is 16.2. The molecule has 2 amide bonds. The maximum atomic E-state index is 13.3. The second-order valence-electron chi connectivity index (χ2n) is 8.52. The number of piperazine rings is 1. The van der Waals surface area contributed by atoms with Gasteiger partial charge in [-0.05, 0) is 37.1 Å². The Balaban J connectivity index is 1.17. The van der Waals surface area contributed by atoms with Gasteiger partial charge in [0.15, 0.2) is 0 Å². The monoisotopic (exact) mass is 480 g/mol. The minimum Gasteiger partial charge on any atom is -0.342 e. The Morgan fingerprint density at radius 2 is 1.61 bits per heavy atom. The molecule has 172 valence electrons. The molecule has 2 aliphatic rings. The number of carbonyl (C=O) groups is 2. The molecule has 2 saturated heterocycles. The average molecular weight is 481 g/mol. The number of amides is 2. The van der Waals surface area contributed by atoms with Crippen LogP contribution in [0.4, 0.5) is 0 Å². The van der Waals surface area contributed by atoms with E-state index in [2.05, 4.69) is 17.0 Å². The van der Waals surface area contributed by atoms with Crippen LogP contribution in [0.3, 0.4) is 0 Å². The van der Waals surface area contributed by atoms with E-state index in [9.17, 15) is 9.59 Å². The topological polar surface area (TPSA) is 56.8 Å². The summed E-state index contributed by atoms with van der Waals surface area (Å²) in [5.41, 5.74) is 1.76. The number of fused-ring (bicyclic) bond motifs is 1. The number of carbonyl (C=O) groups excluding carboxylic acids is 2. The minimum atomic E-state index is 0.0614. The predicted molar refractivity (Wildman–Crippen MR) is 134 cm³/mol. The van der Waals surface area contributed by atoms with E-state index in [4.69, 9.17) is 4.98 Å². The Morgan fingerprint density at radius 1 is 0.879 bits per heavy atom. The smallest absolute Gasteiger partial charge is 0.255 e. The summed E-state index contributed by atoms with van der Waals surface area (Å²) in [5, 5.41) is 1.13. The molecule has 33 heavy (non-hydrogen) atoms. The third kappa shape index (κ3) is 5.23. The summed E-state index contributed by atoms with van der Waals surface area (Å²) in [6.07, 6.45) is 2.19. The maximum Gasteiger partial charge on any atom is 0.255 e. The summed E-state index contributed by atoms with van der Waals surface area (Å²) >= 11 is 3.23. The normalized spacial score (nSPS) is 17.1. The molecule has 0 spiro atoms. The first-order valence-corrected chi connectivity index (χ1v) is 13.3. The van der Waals surface area contributed by atoms with Gasteiger partial charge in [-0.15, -0.1) is 23.1 Å². The molecule has 2 aliphatic heterocycles. The summed E-state index contributed by atoms with van der Waals surface area (Å²) < 4.78 is 1.22. The first-order valence-electron chi connectivity index (χ1n) is 11.5. The van der Waals surface area contributed by atoms with Crippen LogP contribution in [0.5, 0.6) is 0 Å². The highest BCUT2D eigenvalue weighted by Crippen LogP contribution is 2.26. The number of nitrogens with zero attached hydrogens (tertiary/aromatic N) is 4. The van der Waals surface area contributed by atoms with Gasteiger partial charge in [0.1, 0.15) is 5.01 Å². The van der Waals surface area contributed by atoms with Crippen molar-refractivity contribution >= 4 is 45.1 Å². The lowest BCUT2D eigenvalue weighted by atomic mass is 10.2. The van der Waals surface area contributed by atoms with Crippen LogP contribution in [0.15, 0.2) is 53.4 Å². The van der Waals surface area contributed by atoms with Gasteiger partial charge < -0.3 is 9.80 Å². The molecule has 1 aromatic heterocycles. The highest BCUT2D eigenvalue weighted by Gasteiger charge is 2.25. The van der Waals surface area contributed by atoms with Crippen molar-refractivity contribution in [1.29, 1.82) is 0 Å². The van der Waals surface area contributed by atoms with E-state index in [-0.39, 0.29) is 11.8 Å². The van der Waals surface area contributed by atoms with Crippen molar-refractivity contribution in [3.8, 4) is 0 Å². The van der Waals surface area contributed by atoms with Crippen LogP contribution in [-0.4, -0.2) is 76.5 Å². The fraction of sp³-hybridized carbons (Fsp3) is 0.400. The molecule has 2 fully saturated rings. The van der Waals surface area contributed by atoms with Crippen molar-refractivity contribution < 1.29 is 9.59 Å². The Hall–Kier alpha value is -2.42. The number of benzene rings is 2. The van der Waals surface area contributed by atoms with Crippen molar-refractivity contribution in [1.82, 2.24) is 19.7 Å². The number of aromatic nitrogens is 1. The van der Waals surface area contributed by atoms with E-state index < -0.39 is 0 Å². The largest absolute Gasteiger partial charge is 0.342 e. The van der Waals surface area contributed by atoms with Gasteiger partial charge in [-0.3, -0.25) is 14.5 Å². The molecule has 8 heteroatoms. The van der Waals surface area contributed by atoms with Crippen molar-refractivity contribution in [2.75, 3.05) is 45.0 Å². The number of rotatable bonds is 6. The second-order valence-corrected chi connectivity index (χ2v) is 10.6. The second kappa shape index (κ2) is 10.2. The fourth-order valence-corrected chi connectivity index (χ4v) is 6.38. The molecule has 3 aromatic rings. The fourth-order valence-electron chi connectivity index (χ4n) is 4.42. The van der Waals surface area contributed by atoms with Crippen LogP contribution >= 0.6 is 23.1 Å². The first kappa shape index (κ1) is 22.4. The van der Waals surface area contributed by atoms with Gasteiger partial charge in [0.2, 0.25) is 5.91 Å². The molecule has 0 saturated carbocycles. The highest BCUT2D eigenvalue weighted by atomic mass is 32.2. The Morgan fingerprint density at radius 3 is 2.39 bits per heavy atom. The molecule has 6 nitrogen and oxygen atoms in total. The molecule has 0 aliphatic carbocycles. The van der Waals surface area contributed by atoms with Crippen LogP contribution in [0.2, 0.25) is 0 Å². The predicted octanol–water partition coefficient (Wildman–Crippen LogP) is 3.97. The zero-order valence-electron chi connectivity index (χ0n) is 18.6. The van der Waals surface area contributed by atoms with Crippen LogP contribution in [0, 0.1) is 0 Å². The SMILES string of the molecule is O=C(CSc1ccccc1C(=O)N1CCN(Cc2nc3ccccc3s2)CC1)N1CCCC1. The van der Waals surface area contributed by atoms with E-state index >= 15 is 0 Å². The van der Waals surface area contributed by atoms with Gasteiger partial charge in [0.05, 0.1) is 28.1 Å². The third-order valence-electron chi connectivity index (χ3n) is 6.28. The Bertz CT molecular complexity index is 1100. The van der Waals surface area contributed by atoms with E-state index in [1.165, 1.54) is 16.5 Å². The summed E-state index contributed by atoms with van der Waals surface area (Å²) in [6.45, 7) is 5.63. The molecule has 2 aromatic carbocycles. The molecule has 5 rings (SSSR count). The number of likely N-dealkylation sites (tertiary alicyclic amines) is 1. The zero-order valence-corrected chi connectivity index (χ0v) is 20.2. The van der Waals surface area contributed by atoms with Gasteiger partial charge in [0, 0.05) is 44.2 Å². The number of para-hydroxylation sites is 1. The van der Waals surface area contributed by atoms with Crippen LogP contribution in [-0.2, 0) is 11.3 Å². The van der Waals surface area contributed by atoms with Gasteiger partial charge in [0.25, 0.3) is 5.91 Å². The highest BCUT2D eigenvalue weighted by molar-refractivity contribution is 8.00. The standard InChI is InChI=1S/C25H28N4O2S2/c30-24(28-11-5-6-12-28)18-32-21-9-3-1-7-19(21)25(31)29-15-13-27(14-16-29)17-23-26-20-8-2-4-10-22(20)33-23/h1-4,7-10H,5-6,11-18H2. The molecular weight excluding hydrogens is 452 g/mol. The summed E-state index contributed by atoms with van der Waals surface area (Å²) in [6, 6.07) is 15.9. The maximum absolute atomic E-state index is 13.3. The van der Waals surface area contributed by atoms with E-state index in [1.54, 1.807) is 11.3 Å². The van der Waals surface area contributed by atoms with Crippen molar-refractivity contribution in [2.45, 2.75) is 24.3 Å². The van der Waals surface area contributed by atoms with E-state index in [0.29, 0.717) is 24.4 Å². The molecule has 0 radical (unpaired) electrons. The zero-order chi connectivity index (χ0) is 22.6. The lowest BCUT2D eigenvalue weighted by molar-refractivity contribution is -0.127. The molecule has 0 unspecified atom stereocenters. The number of hydrogen-bond acceptors (Lipinski definition) is 6. The third-order valence-corrected chi connectivity index (χ3v) is 8.36. The number of hydrogen-bond donors (Lipinski definition) is 0. The van der Waals surface area contributed by atoms with Crippen molar-refractivity contribution in [3.63, 3.8) is 0 Å². The van der Waals surface area contributed by atoms with Gasteiger partial charge in [-0.2, -0.15) is 0 Å². The quantitative estimate of drug-likeness (QED) is 0.500. The van der Waals surface area contributed by atoms with E-state index in [1.807, 2.05) is 46.2 Å². The minimum absolute atomic E-state index is 0.0614. The molecular formula is C25H28N4O2S2. The summed E-state index contributed by atoms with van der Waals surface area (Å²) in [7, 11) is 0. The molecule has 0 atom stereocenters. The summed E-state index contributed by atoms with van der Waals surface area (Å²) in [4.78, 5) is 37.6. The van der Waals surface area contributed by atoms with Crippen LogP contribution < -0.4 is 0 Å². The number of thioether (sulfide) groups is 1. The molecule has 0 N–H and O–H groups in total. The van der Waals surface area contributed by atoms with E-state index in [0.717, 1.165) is 61.0 Å². The molecule has 3 heterocycles. The summed E-state index contributed by atoms with van der Waals surface area (Å²) in [5.74, 6) is 0.620. The van der Waals surface area contributed by atoms with Crippen LogP contribution in [0.25, 0.3) is 10.2 Å². The average Bonchev–Trinajstić information content (AvgIpc) is 3.53. The lowest BCUT2D eigenvalue weighted by Crippen LogP contribution is -2.48. The van der Waals surface area contributed by atoms with Gasteiger partial charge >= 0.3 is 0 Å². The van der Waals surface area contributed by atoms with Crippen molar-refractivity contribution in [2.24, 2.45) is 0 Å². The number of thiazole rings is 1. The van der Waals surface area contributed by atoms with Gasteiger partial charge in [-0.1, -0.05) is 24.3 Å². The van der Waals surface area contributed by atoms with Gasteiger partial charge in [-0.25, -0.2) is 4.98 Å². The molecule has 0 bridgehead atoms. The Labute approximate surface area is 202 Å². The Kier molecular flexibility index (Phi) is 6.94. The van der Waals surface area contributed by atoms with Crippen molar-refractivity contribution in [3.05, 3.63) is 59.1 Å². The lowest BCUT2D eigenvalue weighted by Gasteiger charge is -2.34. The van der Waals surface area contributed by atoms with Crippen LogP contribution in [0.1, 0.15) is 28.2 Å².